The molecule has 0 saturated heterocycles. The number of benzene rings is 2. The van der Waals surface area contributed by atoms with Crippen molar-refractivity contribution >= 4 is 33.3 Å². The molecule has 8 nitrogen and oxygen atoms in total. The van der Waals surface area contributed by atoms with Crippen molar-refractivity contribution in [3.05, 3.63) is 60.1 Å². The Morgan fingerprint density at radius 2 is 1.68 bits per heavy atom. The molecule has 5 rings (SSSR count). The van der Waals surface area contributed by atoms with Gasteiger partial charge in [0.05, 0.1) is 32.5 Å². The number of hydrogen-bond donors (Lipinski definition) is 0. The lowest BCUT2D eigenvalue weighted by molar-refractivity contribution is 0.324. The van der Waals surface area contributed by atoms with Crippen molar-refractivity contribution in [2.24, 2.45) is 0 Å². The monoisotopic (exact) mass is 492 g/mol. The van der Waals surface area contributed by atoms with Crippen LogP contribution in [0, 0.1) is 0 Å². The van der Waals surface area contributed by atoms with Crippen molar-refractivity contribution in [3.8, 4) is 39.8 Å². The van der Waals surface area contributed by atoms with Crippen LogP contribution in [0.25, 0.3) is 32.8 Å². The Balaban J connectivity index is 1.41. The van der Waals surface area contributed by atoms with Gasteiger partial charge in [-0.1, -0.05) is 42.1 Å². The van der Waals surface area contributed by atoms with Crippen molar-refractivity contribution in [2.75, 3.05) is 21.3 Å². The van der Waals surface area contributed by atoms with Crippen LogP contribution in [0.3, 0.4) is 0 Å². The fourth-order valence-electron chi connectivity index (χ4n) is 3.55. The topological polar surface area (TPSA) is 92.4 Å². The Bertz CT molecular complexity index is 1410. The van der Waals surface area contributed by atoms with E-state index in [0.717, 1.165) is 26.4 Å². The number of aromatic nitrogens is 4. The summed E-state index contributed by atoms with van der Waals surface area (Å²) in [6.45, 7) is 0. The largest absolute Gasteiger partial charge is 0.493 e. The Morgan fingerprint density at radius 1 is 0.912 bits per heavy atom. The fraction of sp³-hybridized carbons (Fsp3) is 0.167. The predicted molar refractivity (Wildman–Crippen MR) is 132 cm³/mol. The molecule has 0 N–H and O–H groups in total. The van der Waals surface area contributed by atoms with Gasteiger partial charge in [-0.25, -0.2) is 9.97 Å². The van der Waals surface area contributed by atoms with Crippen molar-refractivity contribution in [1.82, 2.24) is 20.2 Å². The van der Waals surface area contributed by atoms with E-state index < -0.39 is 0 Å². The number of thiophene rings is 1. The molecule has 0 aliphatic rings. The number of thioether (sulfide) groups is 1. The first-order valence-electron chi connectivity index (χ1n) is 10.2. The summed E-state index contributed by atoms with van der Waals surface area (Å²) in [6.07, 6.45) is 1.59. The Morgan fingerprint density at radius 3 is 2.38 bits per heavy atom. The van der Waals surface area contributed by atoms with E-state index in [1.807, 2.05) is 18.2 Å². The zero-order chi connectivity index (χ0) is 23.5. The number of hydrogen-bond acceptors (Lipinski definition) is 10. The van der Waals surface area contributed by atoms with Crippen molar-refractivity contribution in [3.63, 3.8) is 0 Å². The molecule has 34 heavy (non-hydrogen) atoms. The highest BCUT2D eigenvalue weighted by Gasteiger charge is 2.19. The van der Waals surface area contributed by atoms with E-state index in [-0.39, 0.29) is 0 Å². The number of fused-ring (bicyclic) bond motifs is 1. The van der Waals surface area contributed by atoms with Gasteiger partial charge in [-0.05, 0) is 17.7 Å². The normalized spacial score (nSPS) is 11.0. The summed E-state index contributed by atoms with van der Waals surface area (Å²) in [5.74, 6) is 2.84. The van der Waals surface area contributed by atoms with Gasteiger partial charge < -0.3 is 18.6 Å². The average Bonchev–Trinajstić information content (AvgIpc) is 3.55. The summed E-state index contributed by atoms with van der Waals surface area (Å²) in [5.41, 5.74) is 2.92. The smallest absolute Gasteiger partial charge is 0.248 e. The lowest BCUT2D eigenvalue weighted by Gasteiger charge is -2.12. The maximum atomic E-state index is 5.94. The minimum atomic E-state index is 0.364. The zero-order valence-corrected chi connectivity index (χ0v) is 20.3. The van der Waals surface area contributed by atoms with Crippen molar-refractivity contribution in [1.29, 1.82) is 0 Å². The molecule has 0 unspecified atom stereocenters. The predicted octanol–water partition coefficient (Wildman–Crippen LogP) is 5.73. The molecule has 0 fully saturated rings. The first-order chi connectivity index (χ1) is 16.7. The highest BCUT2D eigenvalue weighted by atomic mass is 32.2. The number of ether oxygens (including phenoxy) is 3. The van der Waals surface area contributed by atoms with Gasteiger partial charge in [-0.15, -0.1) is 21.5 Å². The first kappa shape index (κ1) is 22.2. The van der Waals surface area contributed by atoms with Crippen LogP contribution in [-0.2, 0) is 5.75 Å². The molecule has 3 heterocycles. The third-order valence-electron chi connectivity index (χ3n) is 5.13. The molecule has 0 bridgehead atoms. The molecular weight excluding hydrogens is 472 g/mol. The number of rotatable bonds is 8. The molecule has 5 aromatic rings. The van der Waals surface area contributed by atoms with Gasteiger partial charge in [-0.2, -0.15) is 0 Å². The molecule has 0 amide bonds. The zero-order valence-electron chi connectivity index (χ0n) is 18.6. The molecule has 0 spiro atoms. The Hall–Kier alpha value is -3.63. The van der Waals surface area contributed by atoms with Crippen molar-refractivity contribution in [2.45, 2.75) is 10.8 Å². The van der Waals surface area contributed by atoms with E-state index in [0.29, 0.717) is 40.3 Å². The van der Waals surface area contributed by atoms with Crippen LogP contribution >= 0.6 is 23.1 Å². The van der Waals surface area contributed by atoms with E-state index in [2.05, 4.69) is 37.7 Å². The van der Waals surface area contributed by atoms with Gasteiger partial charge in [0, 0.05) is 16.5 Å². The van der Waals surface area contributed by atoms with E-state index in [9.17, 15) is 0 Å². The minimum absolute atomic E-state index is 0.364. The van der Waals surface area contributed by atoms with Gasteiger partial charge in [0.25, 0.3) is 0 Å². The van der Waals surface area contributed by atoms with Crippen LogP contribution in [0.5, 0.6) is 17.2 Å². The van der Waals surface area contributed by atoms with E-state index >= 15 is 0 Å². The van der Waals surface area contributed by atoms with Gasteiger partial charge in [0.2, 0.25) is 17.5 Å². The van der Waals surface area contributed by atoms with Gasteiger partial charge >= 0.3 is 0 Å². The molecule has 0 saturated carbocycles. The maximum Gasteiger partial charge on any atom is 0.248 e. The molecule has 0 aliphatic heterocycles. The second kappa shape index (κ2) is 9.70. The van der Waals surface area contributed by atoms with E-state index in [1.165, 1.54) is 11.8 Å². The summed E-state index contributed by atoms with van der Waals surface area (Å²) < 4.78 is 22.2. The third kappa shape index (κ3) is 4.17. The van der Waals surface area contributed by atoms with Crippen LogP contribution in [0.1, 0.15) is 5.89 Å². The van der Waals surface area contributed by atoms with Gasteiger partial charge in [0.15, 0.2) is 11.5 Å². The molecule has 0 aliphatic carbocycles. The maximum absolute atomic E-state index is 5.94. The molecule has 0 atom stereocenters. The number of methoxy groups -OCH3 is 3. The van der Waals surface area contributed by atoms with Gasteiger partial charge in [0.1, 0.15) is 16.2 Å². The third-order valence-corrected chi connectivity index (χ3v) is 6.99. The van der Waals surface area contributed by atoms with E-state index in [1.54, 1.807) is 51.1 Å². The molecule has 2 aromatic carbocycles. The molecule has 3 aromatic heterocycles. The molecule has 172 valence electrons. The fourth-order valence-corrected chi connectivity index (χ4v) is 5.38. The lowest BCUT2D eigenvalue weighted by Crippen LogP contribution is -1.95. The molecule has 10 heteroatoms. The standard InChI is InChI=1S/C24H20N4O4S2/c1-29-17-9-15(10-18(30-2)21(17)31-3)22-28-27-19(32-22)12-34-24-20-16(14-7-5-4-6-8-14)11-33-23(20)25-13-26-24/h4-11,13H,12H2,1-3H3. The van der Waals surface area contributed by atoms with Gasteiger partial charge in [-0.3, -0.25) is 0 Å². The van der Waals surface area contributed by atoms with Crippen LogP contribution in [0.15, 0.2) is 63.6 Å². The lowest BCUT2D eigenvalue weighted by atomic mass is 10.1. The highest BCUT2D eigenvalue weighted by Crippen LogP contribution is 2.41. The van der Waals surface area contributed by atoms with E-state index in [4.69, 9.17) is 18.6 Å². The summed E-state index contributed by atoms with van der Waals surface area (Å²) in [5, 5.41) is 12.5. The Labute approximate surface area is 203 Å². The summed E-state index contributed by atoms with van der Waals surface area (Å²) in [4.78, 5) is 9.92. The van der Waals surface area contributed by atoms with Crippen LogP contribution < -0.4 is 14.2 Å². The van der Waals surface area contributed by atoms with Crippen molar-refractivity contribution < 1.29 is 18.6 Å². The second-order valence-electron chi connectivity index (χ2n) is 7.08. The average molecular weight is 493 g/mol. The highest BCUT2D eigenvalue weighted by molar-refractivity contribution is 7.98. The summed E-state index contributed by atoms with van der Waals surface area (Å²) >= 11 is 3.14. The SMILES string of the molecule is COc1cc(-c2nnc(CSc3ncnc4scc(-c5ccccc5)c34)o2)cc(OC)c1OC. The molecule has 0 radical (unpaired) electrons. The summed E-state index contributed by atoms with van der Waals surface area (Å²) in [7, 11) is 4.68. The second-order valence-corrected chi connectivity index (χ2v) is 8.90. The summed E-state index contributed by atoms with van der Waals surface area (Å²) in [6, 6.07) is 13.8. The quantitative estimate of drug-likeness (QED) is 0.199. The Kier molecular flexibility index (Phi) is 6.33. The van der Waals surface area contributed by atoms with Crippen LogP contribution in [0.2, 0.25) is 0 Å². The minimum Gasteiger partial charge on any atom is -0.493 e. The molecular formula is C24H20N4O4S2. The van der Waals surface area contributed by atoms with Crippen LogP contribution in [0.4, 0.5) is 0 Å². The van der Waals surface area contributed by atoms with Crippen LogP contribution in [-0.4, -0.2) is 41.5 Å². The number of nitrogens with zero attached hydrogens (tertiary/aromatic N) is 4. The first-order valence-corrected chi connectivity index (χ1v) is 12.1.